The summed E-state index contributed by atoms with van der Waals surface area (Å²) in [5.74, 6) is -1.34. The summed E-state index contributed by atoms with van der Waals surface area (Å²) in [5.41, 5.74) is 0.632. The molecule has 0 saturated carbocycles. The summed E-state index contributed by atoms with van der Waals surface area (Å²) in [6.07, 6.45) is -5.14. The fourth-order valence-corrected chi connectivity index (χ4v) is 3.32. The van der Waals surface area contributed by atoms with Crippen LogP contribution in [-0.4, -0.2) is 88.3 Å². The van der Waals surface area contributed by atoms with Crippen LogP contribution in [0.3, 0.4) is 0 Å². The molecule has 152 valence electrons. The molecule has 5 atom stereocenters. The Bertz CT molecular complexity index is 735. The van der Waals surface area contributed by atoms with Crippen molar-refractivity contribution in [3.63, 3.8) is 0 Å². The van der Waals surface area contributed by atoms with Gasteiger partial charge >= 0.3 is 0 Å². The average Bonchev–Trinajstić information content (AvgIpc) is 2.92. The highest BCUT2D eigenvalue weighted by atomic mass is 16.7. The van der Waals surface area contributed by atoms with Gasteiger partial charge in [0.2, 0.25) is 5.91 Å². The quantitative estimate of drug-likeness (QED) is 0.415. The highest BCUT2D eigenvalue weighted by molar-refractivity contribution is 6.21. The van der Waals surface area contributed by atoms with E-state index < -0.39 is 55.0 Å². The monoisotopic (exact) mass is 394 g/mol. The van der Waals surface area contributed by atoms with Gasteiger partial charge in [0.1, 0.15) is 24.4 Å². The Morgan fingerprint density at radius 3 is 2.32 bits per heavy atom. The zero-order valence-electron chi connectivity index (χ0n) is 15.1. The molecule has 2 aliphatic heterocycles. The first kappa shape index (κ1) is 20.4. The molecular formula is C18H22N2O8. The van der Waals surface area contributed by atoms with Crippen LogP contribution in [0, 0.1) is 0 Å². The van der Waals surface area contributed by atoms with Crippen molar-refractivity contribution < 1.29 is 39.2 Å². The number of rotatable bonds is 6. The standard InChI is InChI=1S/C18H22N2O8/c1-9(22)19-13-15(24)14(23)12(8-21)28-18(13)27-7-6-20-16(25)10-4-2-3-5-11(10)17(20)26/h2-5,12-15,18,21,23-24H,6-8H2,1H3,(H,19,22)/t12-,13+,14+,15+,18-/m0/s1. The normalized spacial score (nSPS) is 29.7. The maximum Gasteiger partial charge on any atom is 0.261 e. The predicted molar refractivity (Wildman–Crippen MR) is 93.1 cm³/mol. The number of ether oxygens (including phenoxy) is 2. The number of hydrogen-bond donors (Lipinski definition) is 4. The number of hydrogen-bond acceptors (Lipinski definition) is 8. The van der Waals surface area contributed by atoms with Crippen molar-refractivity contribution in [2.45, 2.75) is 37.6 Å². The number of benzene rings is 1. The zero-order valence-corrected chi connectivity index (χ0v) is 15.1. The Morgan fingerprint density at radius 2 is 1.79 bits per heavy atom. The molecule has 3 rings (SSSR count). The van der Waals surface area contributed by atoms with E-state index in [0.717, 1.165) is 4.90 Å². The molecule has 10 heteroatoms. The minimum atomic E-state index is -1.43. The van der Waals surface area contributed by atoms with Crippen LogP contribution in [0.2, 0.25) is 0 Å². The molecule has 2 heterocycles. The van der Waals surface area contributed by atoms with Gasteiger partial charge in [0.05, 0.1) is 30.9 Å². The van der Waals surface area contributed by atoms with Crippen LogP contribution in [-0.2, 0) is 14.3 Å². The van der Waals surface area contributed by atoms with Gasteiger partial charge in [0.25, 0.3) is 11.8 Å². The van der Waals surface area contributed by atoms with Crippen molar-refractivity contribution >= 4 is 17.7 Å². The molecular weight excluding hydrogens is 372 g/mol. The van der Waals surface area contributed by atoms with Crippen molar-refractivity contribution in [1.29, 1.82) is 0 Å². The number of carbonyl (C=O) groups excluding carboxylic acids is 3. The zero-order chi connectivity index (χ0) is 20.4. The lowest BCUT2D eigenvalue weighted by Gasteiger charge is -2.42. The number of imide groups is 1. The van der Waals surface area contributed by atoms with E-state index in [1.54, 1.807) is 24.3 Å². The maximum atomic E-state index is 12.3. The third-order valence-corrected chi connectivity index (χ3v) is 4.73. The summed E-state index contributed by atoms with van der Waals surface area (Å²) in [7, 11) is 0. The maximum absolute atomic E-state index is 12.3. The van der Waals surface area contributed by atoms with Crippen molar-refractivity contribution in [2.24, 2.45) is 0 Å². The second-order valence-corrected chi connectivity index (χ2v) is 6.61. The molecule has 1 saturated heterocycles. The fourth-order valence-electron chi connectivity index (χ4n) is 3.32. The Kier molecular flexibility index (Phi) is 6.06. The Hall–Kier alpha value is -2.37. The molecule has 0 aliphatic carbocycles. The van der Waals surface area contributed by atoms with Gasteiger partial charge in [0, 0.05) is 6.92 Å². The van der Waals surface area contributed by atoms with Crippen LogP contribution in [0.5, 0.6) is 0 Å². The van der Waals surface area contributed by atoms with Crippen molar-refractivity contribution in [3.05, 3.63) is 35.4 Å². The number of amides is 3. The summed E-state index contributed by atoms with van der Waals surface area (Å²) in [4.78, 5) is 37.1. The summed E-state index contributed by atoms with van der Waals surface area (Å²) in [6, 6.07) is 5.38. The molecule has 0 aromatic heterocycles. The summed E-state index contributed by atoms with van der Waals surface area (Å²) < 4.78 is 11.0. The smallest absolute Gasteiger partial charge is 0.261 e. The minimum Gasteiger partial charge on any atom is -0.394 e. The van der Waals surface area contributed by atoms with Crippen molar-refractivity contribution in [2.75, 3.05) is 19.8 Å². The Morgan fingerprint density at radius 1 is 1.18 bits per heavy atom. The van der Waals surface area contributed by atoms with E-state index in [9.17, 15) is 29.7 Å². The van der Waals surface area contributed by atoms with E-state index in [4.69, 9.17) is 9.47 Å². The van der Waals surface area contributed by atoms with Crippen LogP contribution in [0.15, 0.2) is 24.3 Å². The molecule has 3 amide bonds. The molecule has 0 unspecified atom stereocenters. The number of nitrogens with one attached hydrogen (secondary N) is 1. The number of aliphatic hydroxyl groups is 3. The molecule has 0 radical (unpaired) electrons. The number of aliphatic hydroxyl groups excluding tert-OH is 3. The number of carbonyl (C=O) groups is 3. The van der Waals surface area contributed by atoms with Crippen LogP contribution in [0.4, 0.5) is 0 Å². The summed E-state index contributed by atoms with van der Waals surface area (Å²) >= 11 is 0. The van der Waals surface area contributed by atoms with E-state index in [2.05, 4.69) is 5.32 Å². The van der Waals surface area contributed by atoms with Gasteiger partial charge in [-0.15, -0.1) is 0 Å². The predicted octanol–water partition coefficient (Wildman–Crippen LogP) is -1.76. The molecule has 10 nitrogen and oxygen atoms in total. The van der Waals surface area contributed by atoms with E-state index in [1.165, 1.54) is 6.92 Å². The Balaban J connectivity index is 1.64. The second kappa shape index (κ2) is 8.33. The largest absolute Gasteiger partial charge is 0.394 e. The molecule has 0 spiro atoms. The summed E-state index contributed by atoms with van der Waals surface area (Å²) in [6.45, 7) is 0.463. The van der Waals surface area contributed by atoms with Gasteiger partial charge in [-0.1, -0.05) is 12.1 Å². The van der Waals surface area contributed by atoms with Crippen molar-refractivity contribution in [1.82, 2.24) is 10.2 Å². The van der Waals surface area contributed by atoms with Gasteiger partial charge in [-0.05, 0) is 12.1 Å². The van der Waals surface area contributed by atoms with Crippen LogP contribution in [0.25, 0.3) is 0 Å². The first-order chi connectivity index (χ1) is 13.3. The molecule has 28 heavy (non-hydrogen) atoms. The van der Waals surface area contributed by atoms with Crippen LogP contribution < -0.4 is 5.32 Å². The van der Waals surface area contributed by atoms with E-state index in [0.29, 0.717) is 11.1 Å². The van der Waals surface area contributed by atoms with Gasteiger partial charge in [-0.2, -0.15) is 0 Å². The third-order valence-electron chi connectivity index (χ3n) is 4.73. The van der Waals surface area contributed by atoms with Gasteiger partial charge in [-0.3, -0.25) is 19.3 Å². The molecule has 1 aromatic carbocycles. The third kappa shape index (κ3) is 3.77. The van der Waals surface area contributed by atoms with Crippen LogP contribution >= 0.6 is 0 Å². The lowest BCUT2D eigenvalue weighted by atomic mass is 9.97. The van der Waals surface area contributed by atoms with Gasteiger partial charge in [-0.25, -0.2) is 0 Å². The van der Waals surface area contributed by atoms with Gasteiger partial charge < -0.3 is 30.1 Å². The van der Waals surface area contributed by atoms with Gasteiger partial charge in [0.15, 0.2) is 6.29 Å². The molecule has 1 fully saturated rings. The molecule has 0 bridgehead atoms. The van der Waals surface area contributed by atoms with E-state index in [1.807, 2.05) is 0 Å². The number of fused-ring (bicyclic) bond motifs is 1. The molecule has 4 N–H and O–H groups in total. The van der Waals surface area contributed by atoms with E-state index in [-0.39, 0.29) is 13.2 Å². The number of nitrogens with zero attached hydrogens (tertiary/aromatic N) is 1. The first-order valence-corrected chi connectivity index (χ1v) is 8.81. The minimum absolute atomic E-state index is 0.0680. The lowest BCUT2D eigenvalue weighted by molar-refractivity contribution is -0.270. The highest BCUT2D eigenvalue weighted by Crippen LogP contribution is 2.24. The molecule has 2 aliphatic rings. The topological polar surface area (TPSA) is 146 Å². The summed E-state index contributed by atoms with van der Waals surface area (Å²) in [5, 5.41) is 31.9. The van der Waals surface area contributed by atoms with Crippen LogP contribution in [0.1, 0.15) is 27.6 Å². The fraction of sp³-hybridized carbons (Fsp3) is 0.500. The second-order valence-electron chi connectivity index (χ2n) is 6.61. The van der Waals surface area contributed by atoms with E-state index >= 15 is 0 Å². The SMILES string of the molecule is CC(=O)N[C@H]1[C@@H](OCCN2C(=O)c3ccccc3C2=O)O[C@@H](CO)[C@@H](O)[C@@H]1O. The van der Waals surface area contributed by atoms with Crippen molar-refractivity contribution in [3.8, 4) is 0 Å². The Labute approximate surface area is 160 Å². The lowest BCUT2D eigenvalue weighted by Crippen LogP contribution is -2.64. The average molecular weight is 394 g/mol. The highest BCUT2D eigenvalue weighted by Gasteiger charge is 2.45. The first-order valence-electron chi connectivity index (χ1n) is 8.81. The molecule has 1 aromatic rings.